The van der Waals surface area contributed by atoms with Gasteiger partial charge in [0.25, 0.3) is 0 Å². The standard InChI is InChI=1S/C11H16N4S/c12-10-8-5-16-6-9(8)14-11(15-10)7-1-3-13-4-2-7/h7,13H,1-6H2,(H2,12,14,15). The van der Waals surface area contributed by atoms with Gasteiger partial charge in [-0.2, -0.15) is 11.8 Å². The summed E-state index contributed by atoms with van der Waals surface area (Å²) in [6.45, 7) is 2.14. The van der Waals surface area contributed by atoms with E-state index in [-0.39, 0.29) is 0 Å². The second-order valence-electron chi connectivity index (χ2n) is 4.41. The van der Waals surface area contributed by atoms with Crippen LogP contribution in [0.5, 0.6) is 0 Å². The molecule has 0 saturated carbocycles. The van der Waals surface area contributed by atoms with Gasteiger partial charge in [-0.15, -0.1) is 0 Å². The molecule has 0 spiro atoms. The molecule has 0 aliphatic carbocycles. The van der Waals surface area contributed by atoms with Crippen LogP contribution in [0, 0.1) is 0 Å². The molecule has 5 heteroatoms. The maximum Gasteiger partial charge on any atom is 0.134 e. The van der Waals surface area contributed by atoms with Gasteiger partial charge in [-0.3, -0.25) is 0 Å². The van der Waals surface area contributed by atoms with Crippen molar-refractivity contribution in [3.8, 4) is 0 Å². The van der Waals surface area contributed by atoms with E-state index in [0.717, 1.165) is 43.3 Å². The summed E-state index contributed by atoms with van der Waals surface area (Å²) in [5.41, 5.74) is 8.34. The van der Waals surface area contributed by atoms with Gasteiger partial charge >= 0.3 is 0 Å². The monoisotopic (exact) mass is 236 g/mol. The summed E-state index contributed by atoms with van der Waals surface area (Å²) in [7, 11) is 0. The van der Waals surface area contributed by atoms with Crippen molar-refractivity contribution < 1.29 is 0 Å². The number of nitrogens with two attached hydrogens (primary N) is 1. The molecule has 4 nitrogen and oxygen atoms in total. The van der Waals surface area contributed by atoms with Crippen LogP contribution in [0.3, 0.4) is 0 Å². The third-order valence-corrected chi connectivity index (χ3v) is 4.30. The van der Waals surface area contributed by atoms with Crippen molar-refractivity contribution in [2.24, 2.45) is 0 Å². The molecule has 1 aromatic rings. The molecule has 0 amide bonds. The highest BCUT2D eigenvalue weighted by atomic mass is 32.2. The van der Waals surface area contributed by atoms with E-state index in [1.54, 1.807) is 0 Å². The first kappa shape index (κ1) is 10.4. The Morgan fingerprint density at radius 1 is 1.19 bits per heavy atom. The molecule has 1 saturated heterocycles. The molecule has 1 fully saturated rings. The summed E-state index contributed by atoms with van der Waals surface area (Å²) in [6, 6.07) is 0. The third kappa shape index (κ3) is 1.78. The number of piperidine rings is 1. The molecule has 2 aliphatic rings. The summed E-state index contributed by atoms with van der Waals surface area (Å²) in [6.07, 6.45) is 2.26. The predicted octanol–water partition coefficient (Wildman–Crippen LogP) is 1.27. The Labute approximate surface area is 99.4 Å². The van der Waals surface area contributed by atoms with Crippen LogP contribution in [0.4, 0.5) is 5.82 Å². The average molecular weight is 236 g/mol. The fourth-order valence-electron chi connectivity index (χ4n) is 2.36. The van der Waals surface area contributed by atoms with Crippen LogP contribution in [0.1, 0.15) is 35.8 Å². The van der Waals surface area contributed by atoms with Crippen molar-refractivity contribution in [1.82, 2.24) is 15.3 Å². The number of aromatic nitrogens is 2. The van der Waals surface area contributed by atoms with Gasteiger partial charge in [-0.05, 0) is 25.9 Å². The Kier molecular flexibility index (Phi) is 2.73. The zero-order valence-electron chi connectivity index (χ0n) is 9.20. The lowest BCUT2D eigenvalue weighted by Crippen LogP contribution is -2.27. The fourth-order valence-corrected chi connectivity index (χ4v) is 3.41. The van der Waals surface area contributed by atoms with Crippen molar-refractivity contribution in [1.29, 1.82) is 0 Å². The molecule has 1 aromatic heterocycles. The quantitative estimate of drug-likeness (QED) is 0.769. The lowest BCUT2D eigenvalue weighted by molar-refractivity contribution is 0.444. The largest absolute Gasteiger partial charge is 0.383 e. The Balaban J connectivity index is 1.92. The van der Waals surface area contributed by atoms with E-state index in [2.05, 4.69) is 10.3 Å². The predicted molar refractivity (Wildman–Crippen MR) is 66.3 cm³/mol. The van der Waals surface area contributed by atoms with Gasteiger partial charge in [0, 0.05) is 23.0 Å². The lowest BCUT2D eigenvalue weighted by Gasteiger charge is -2.22. The van der Waals surface area contributed by atoms with Gasteiger partial charge in [0.2, 0.25) is 0 Å². The zero-order chi connectivity index (χ0) is 11.0. The van der Waals surface area contributed by atoms with E-state index >= 15 is 0 Å². The van der Waals surface area contributed by atoms with E-state index in [4.69, 9.17) is 10.7 Å². The number of hydrogen-bond donors (Lipinski definition) is 2. The van der Waals surface area contributed by atoms with Crippen LogP contribution in [0.25, 0.3) is 0 Å². The molecule has 0 aromatic carbocycles. The van der Waals surface area contributed by atoms with Crippen molar-refractivity contribution in [3.05, 3.63) is 17.1 Å². The maximum absolute atomic E-state index is 6.00. The van der Waals surface area contributed by atoms with Crippen LogP contribution < -0.4 is 11.1 Å². The van der Waals surface area contributed by atoms with Crippen LogP contribution in [0.15, 0.2) is 0 Å². The van der Waals surface area contributed by atoms with E-state index in [0.29, 0.717) is 11.7 Å². The summed E-state index contributed by atoms with van der Waals surface area (Å²) < 4.78 is 0. The van der Waals surface area contributed by atoms with Crippen LogP contribution in [-0.2, 0) is 11.5 Å². The second-order valence-corrected chi connectivity index (χ2v) is 5.39. The van der Waals surface area contributed by atoms with E-state index in [9.17, 15) is 0 Å². The molecule has 16 heavy (non-hydrogen) atoms. The van der Waals surface area contributed by atoms with Crippen molar-refractivity contribution in [2.45, 2.75) is 30.3 Å². The van der Waals surface area contributed by atoms with E-state index < -0.39 is 0 Å². The molecule has 3 rings (SSSR count). The summed E-state index contributed by atoms with van der Waals surface area (Å²) in [5, 5.41) is 3.36. The lowest BCUT2D eigenvalue weighted by atomic mass is 9.97. The number of hydrogen-bond acceptors (Lipinski definition) is 5. The minimum Gasteiger partial charge on any atom is -0.383 e. The minimum absolute atomic E-state index is 0.499. The van der Waals surface area contributed by atoms with Crippen LogP contribution in [-0.4, -0.2) is 23.1 Å². The Bertz CT molecular complexity index is 401. The Hall–Kier alpha value is -0.810. The van der Waals surface area contributed by atoms with E-state index in [1.165, 1.54) is 11.3 Å². The number of nitrogens with zero attached hydrogens (tertiary/aromatic N) is 2. The molecule has 3 N–H and O–H groups in total. The summed E-state index contributed by atoms with van der Waals surface area (Å²) in [5.74, 6) is 4.16. The number of rotatable bonds is 1. The first-order valence-corrected chi connectivity index (χ1v) is 6.93. The van der Waals surface area contributed by atoms with Crippen molar-refractivity contribution in [2.75, 3.05) is 18.8 Å². The van der Waals surface area contributed by atoms with Crippen molar-refractivity contribution in [3.63, 3.8) is 0 Å². The smallest absolute Gasteiger partial charge is 0.134 e. The Morgan fingerprint density at radius 3 is 2.81 bits per heavy atom. The Morgan fingerprint density at radius 2 is 2.00 bits per heavy atom. The van der Waals surface area contributed by atoms with Gasteiger partial charge in [-0.25, -0.2) is 9.97 Å². The fraction of sp³-hybridized carbons (Fsp3) is 0.636. The number of thioether (sulfide) groups is 1. The summed E-state index contributed by atoms with van der Waals surface area (Å²) >= 11 is 1.88. The first-order valence-electron chi connectivity index (χ1n) is 5.78. The van der Waals surface area contributed by atoms with Gasteiger partial charge in [-0.1, -0.05) is 0 Å². The second kappa shape index (κ2) is 4.22. The molecule has 0 radical (unpaired) electrons. The first-order chi connectivity index (χ1) is 7.84. The highest BCUT2D eigenvalue weighted by Gasteiger charge is 2.23. The van der Waals surface area contributed by atoms with Gasteiger partial charge in [0.15, 0.2) is 0 Å². The summed E-state index contributed by atoms with van der Waals surface area (Å²) in [4.78, 5) is 9.19. The SMILES string of the molecule is Nc1nc(C2CCNCC2)nc2c1CSC2. The minimum atomic E-state index is 0.499. The van der Waals surface area contributed by atoms with E-state index in [1.807, 2.05) is 11.8 Å². The van der Waals surface area contributed by atoms with Gasteiger partial charge in [0.1, 0.15) is 11.6 Å². The average Bonchev–Trinajstić information content (AvgIpc) is 2.79. The van der Waals surface area contributed by atoms with Crippen LogP contribution in [0.2, 0.25) is 0 Å². The number of anilines is 1. The normalized spacial score (nSPS) is 21.0. The maximum atomic E-state index is 6.00. The molecule has 0 bridgehead atoms. The zero-order valence-corrected chi connectivity index (χ0v) is 10.0. The molecule has 2 aliphatic heterocycles. The number of fused-ring (bicyclic) bond motifs is 1. The molecule has 0 atom stereocenters. The highest BCUT2D eigenvalue weighted by Crippen LogP contribution is 2.33. The highest BCUT2D eigenvalue weighted by molar-refractivity contribution is 7.98. The molecule has 86 valence electrons. The molecular weight excluding hydrogens is 220 g/mol. The number of nitrogen functional groups attached to an aromatic ring is 1. The molecular formula is C11H16N4S. The van der Waals surface area contributed by atoms with Crippen LogP contribution >= 0.6 is 11.8 Å². The number of nitrogens with one attached hydrogen (secondary N) is 1. The molecule has 0 unspecified atom stereocenters. The third-order valence-electron chi connectivity index (χ3n) is 3.33. The molecule has 3 heterocycles. The van der Waals surface area contributed by atoms with Gasteiger partial charge < -0.3 is 11.1 Å². The van der Waals surface area contributed by atoms with Gasteiger partial charge in [0.05, 0.1) is 5.69 Å². The topological polar surface area (TPSA) is 63.8 Å². The van der Waals surface area contributed by atoms with Crippen molar-refractivity contribution >= 4 is 17.6 Å².